The molecule has 1 aliphatic carbocycles. The number of hydrogen-bond acceptors (Lipinski definition) is 5. The highest BCUT2D eigenvalue weighted by atomic mass is 19.1. The van der Waals surface area contributed by atoms with Crippen molar-refractivity contribution in [3.05, 3.63) is 75.9 Å². The first-order valence-corrected chi connectivity index (χ1v) is 13.0. The molecule has 0 fully saturated rings. The largest absolute Gasteiger partial charge is 0.493 e. The number of allylic oxidation sites excluding steroid dienone is 2. The van der Waals surface area contributed by atoms with Crippen molar-refractivity contribution in [3.8, 4) is 17.2 Å². The van der Waals surface area contributed by atoms with E-state index in [1.807, 2.05) is 28.9 Å². The molecular formula is C31H36FN3O3. The summed E-state index contributed by atoms with van der Waals surface area (Å²) in [5.41, 5.74) is 5.03. The van der Waals surface area contributed by atoms with Crippen LogP contribution < -0.4 is 14.8 Å². The first-order valence-electron chi connectivity index (χ1n) is 13.0. The molecule has 6 nitrogen and oxygen atoms in total. The fourth-order valence-corrected chi connectivity index (χ4v) is 5.81. The Morgan fingerprint density at radius 1 is 1.08 bits per heavy atom. The van der Waals surface area contributed by atoms with Gasteiger partial charge in [-0.2, -0.15) is 5.10 Å². The monoisotopic (exact) mass is 517 g/mol. The third-order valence-corrected chi connectivity index (χ3v) is 7.61. The normalized spacial score (nSPS) is 18.6. The van der Waals surface area contributed by atoms with Crippen LogP contribution in [-0.4, -0.2) is 29.8 Å². The van der Waals surface area contributed by atoms with Crippen LogP contribution >= 0.6 is 0 Å². The number of aromatic nitrogens is 2. The number of ether oxygens (including phenoxy) is 2. The number of methoxy groups -OCH3 is 2. The summed E-state index contributed by atoms with van der Waals surface area (Å²) in [6.07, 6.45) is 1.18. The minimum atomic E-state index is -0.360. The minimum absolute atomic E-state index is 0.128. The van der Waals surface area contributed by atoms with Crippen molar-refractivity contribution in [3.63, 3.8) is 0 Å². The van der Waals surface area contributed by atoms with E-state index in [9.17, 15) is 9.18 Å². The number of benzene rings is 2. The molecule has 7 heteroatoms. The molecule has 38 heavy (non-hydrogen) atoms. The van der Waals surface area contributed by atoms with E-state index in [-0.39, 0.29) is 28.3 Å². The summed E-state index contributed by atoms with van der Waals surface area (Å²) >= 11 is 0. The highest BCUT2D eigenvalue weighted by Crippen LogP contribution is 2.52. The van der Waals surface area contributed by atoms with Gasteiger partial charge < -0.3 is 14.8 Å². The molecule has 1 aliphatic heterocycles. The molecule has 0 amide bonds. The van der Waals surface area contributed by atoms with Gasteiger partial charge in [-0.1, -0.05) is 46.8 Å². The van der Waals surface area contributed by atoms with Crippen LogP contribution in [0.5, 0.6) is 11.5 Å². The summed E-state index contributed by atoms with van der Waals surface area (Å²) in [6.45, 7) is 12.3. The first-order chi connectivity index (χ1) is 17.9. The Kier molecular flexibility index (Phi) is 6.16. The zero-order chi connectivity index (χ0) is 27.6. The van der Waals surface area contributed by atoms with Crippen LogP contribution in [-0.2, 0) is 10.2 Å². The van der Waals surface area contributed by atoms with E-state index in [1.165, 1.54) is 6.07 Å². The Labute approximate surface area is 223 Å². The van der Waals surface area contributed by atoms with E-state index in [1.54, 1.807) is 27.2 Å². The van der Waals surface area contributed by atoms with Crippen molar-refractivity contribution in [2.24, 2.45) is 5.41 Å². The molecule has 1 atom stereocenters. The lowest BCUT2D eigenvalue weighted by Gasteiger charge is -2.39. The van der Waals surface area contributed by atoms with Crippen molar-refractivity contribution in [2.45, 2.75) is 65.7 Å². The Hall–Kier alpha value is -3.61. The predicted molar refractivity (Wildman–Crippen MR) is 147 cm³/mol. The summed E-state index contributed by atoms with van der Waals surface area (Å²) in [7, 11) is 3.22. The third-order valence-electron chi connectivity index (χ3n) is 7.61. The number of anilines is 1. The molecule has 1 aromatic heterocycles. The molecule has 2 aromatic carbocycles. The van der Waals surface area contributed by atoms with E-state index >= 15 is 0 Å². The van der Waals surface area contributed by atoms with Crippen molar-refractivity contribution < 1.29 is 18.7 Å². The summed E-state index contributed by atoms with van der Waals surface area (Å²) < 4.78 is 27.7. The van der Waals surface area contributed by atoms with Gasteiger partial charge in [0.2, 0.25) is 0 Å². The van der Waals surface area contributed by atoms with Crippen molar-refractivity contribution in [1.82, 2.24) is 9.78 Å². The zero-order valence-electron chi connectivity index (χ0n) is 23.5. The highest BCUT2D eigenvalue weighted by Gasteiger charge is 2.45. The van der Waals surface area contributed by atoms with Gasteiger partial charge in [0.15, 0.2) is 17.3 Å². The van der Waals surface area contributed by atoms with Gasteiger partial charge in [-0.3, -0.25) is 4.79 Å². The summed E-state index contributed by atoms with van der Waals surface area (Å²) in [5.74, 6) is 1.47. The fraction of sp³-hybridized carbons (Fsp3) is 0.419. The molecule has 0 radical (unpaired) electrons. The second-order valence-electron chi connectivity index (χ2n) is 12.2. The van der Waals surface area contributed by atoms with Crippen LogP contribution in [0, 0.1) is 18.2 Å². The molecule has 0 saturated carbocycles. The number of rotatable bonds is 4. The van der Waals surface area contributed by atoms with Crippen molar-refractivity contribution >= 4 is 11.6 Å². The average molecular weight is 518 g/mol. The first kappa shape index (κ1) is 26.0. The zero-order valence-corrected chi connectivity index (χ0v) is 23.5. The molecule has 1 unspecified atom stereocenters. The number of carbonyl (C=O) groups excluding carboxylic acids is 1. The maximum Gasteiger partial charge on any atom is 0.162 e. The number of nitrogens with zero attached hydrogens (tertiary/aromatic N) is 2. The lowest BCUT2D eigenvalue weighted by atomic mass is 9.68. The van der Waals surface area contributed by atoms with E-state index in [0.29, 0.717) is 29.2 Å². The quantitative estimate of drug-likeness (QED) is 0.411. The molecule has 2 heterocycles. The number of halogens is 1. The van der Waals surface area contributed by atoms with E-state index in [0.717, 1.165) is 40.3 Å². The molecule has 0 bridgehead atoms. The maximum atomic E-state index is 14.7. The van der Waals surface area contributed by atoms with Crippen LogP contribution in [0.4, 0.5) is 10.2 Å². The van der Waals surface area contributed by atoms with Gasteiger partial charge in [0.1, 0.15) is 11.6 Å². The van der Waals surface area contributed by atoms with E-state index in [4.69, 9.17) is 14.6 Å². The van der Waals surface area contributed by atoms with E-state index in [2.05, 4.69) is 39.9 Å². The summed E-state index contributed by atoms with van der Waals surface area (Å²) in [5, 5.41) is 8.72. The van der Waals surface area contributed by atoms with Crippen LogP contribution in [0.25, 0.3) is 5.69 Å². The Bertz CT molecular complexity index is 1480. The Morgan fingerprint density at radius 3 is 2.45 bits per heavy atom. The van der Waals surface area contributed by atoms with Gasteiger partial charge in [-0.05, 0) is 48.6 Å². The number of nitrogens with one attached hydrogen (secondary N) is 1. The maximum absolute atomic E-state index is 14.7. The standard InChI is InChI=1S/C31H36FN3O3/c1-17-19(32)10-9-11-21(17)35-29-27(28(34-35)30(2,3)4)25(18-12-13-23(37-7)24(14-18)38-8)26-20(33-29)15-31(5,6)16-22(26)36/h9-14,25,33H,15-16H2,1-8H3. The molecule has 0 spiro atoms. The van der Waals surface area contributed by atoms with Crippen LogP contribution in [0.3, 0.4) is 0 Å². The molecule has 200 valence electrons. The molecule has 0 saturated heterocycles. The topological polar surface area (TPSA) is 65.4 Å². The molecule has 1 N–H and O–H groups in total. The number of hydrogen-bond donors (Lipinski definition) is 1. The van der Waals surface area contributed by atoms with Gasteiger partial charge >= 0.3 is 0 Å². The second kappa shape index (κ2) is 9.00. The molecule has 5 rings (SSSR count). The summed E-state index contributed by atoms with van der Waals surface area (Å²) in [6, 6.07) is 10.9. The number of fused-ring (bicyclic) bond motifs is 1. The lowest BCUT2D eigenvalue weighted by Crippen LogP contribution is -2.34. The average Bonchev–Trinajstić information content (AvgIpc) is 3.22. The molecular weight excluding hydrogens is 481 g/mol. The predicted octanol–water partition coefficient (Wildman–Crippen LogP) is 6.84. The number of ketones is 1. The lowest BCUT2D eigenvalue weighted by molar-refractivity contribution is -0.118. The second-order valence-corrected chi connectivity index (χ2v) is 12.2. The van der Waals surface area contributed by atoms with E-state index < -0.39 is 0 Å². The van der Waals surface area contributed by atoms with Crippen LogP contribution in [0.1, 0.15) is 75.8 Å². The minimum Gasteiger partial charge on any atom is -0.493 e. The van der Waals surface area contributed by atoms with Crippen molar-refractivity contribution in [1.29, 1.82) is 0 Å². The Morgan fingerprint density at radius 2 is 1.79 bits per heavy atom. The number of Topliss-reactive ketones (excluding diaryl/α,β-unsaturated/α-hetero) is 1. The molecule has 3 aromatic rings. The highest BCUT2D eigenvalue weighted by molar-refractivity contribution is 6.01. The van der Waals surface area contributed by atoms with Crippen LogP contribution in [0.2, 0.25) is 0 Å². The number of carbonyl (C=O) groups is 1. The summed E-state index contributed by atoms with van der Waals surface area (Å²) in [4.78, 5) is 13.8. The smallest absolute Gasteiger partial charge is 0.162 e. The molecule has 2 aliphatic rings. The van der Waals surface area contributed by atoms with Gasteiger partial charge in [-0.25, -0.2) is 9.07 Å². The fourth-order valence-electron chi connectivity index (χ4n) is 5.81. The van der Waals surface area contributed by atoms with Gasteiger partial charge in [0, 0.05) is 40.2 Å². The van der Waals surface area contributed by atoms with Crippen molar-refractivity contribution in [2.75, 3.05) is 19.5 Å². The third kappa shape index (κ3) is 4.18. The van der Waals surface area contributed by atoms with Gasteiger partial charge in [0.25, 0.3) is 0 Å². The van der Waals surface area contributed by atoms with Gasteiger partial charge in [0.05, 0.1) is 25.6 Å². The SMILES string of the molecule is COc1ccc(C2C3=C(CC(C)(C)CC3=O)Nc3c2c(C(C)(C)C)nn3-c2cccc(F)c2C)cc1OC. The van der Waals surface area contributed by atoms with Crippen LogP contribution in [0.15, 0.2) is 47.7 Å². The Balaban J connectivity index is 1.85. The van der Waals surface area contributed by atoms with Gasteiger partial charge in [-0.15, -0.1) is 0 Å².